The van der Waals surface area contributed by atoms with Crippen molar-refractivity contribution in [3.8, 4) is 0 Å². The Morgan fingerprint density at radius 1 is 0.964 bits per heavy atom. The summed E-state index contributed by atoms with van der Waals surface area (Å²) in [6.45, 7) is 2.21. The van der Waals surface area contributed by atoms with Gasteiger partial charge in [-0.3, -0.25) is 20.3 Å². The van der Waals surface area contributed by atoms with Crippen molar-refractivity contribution in [2.75, 3.05) is 0 Å². The number of unbranched alkanes of at least 4 members (excludes halogenated alkanes) is 8. The summed E-state index contributed by atoms with van der Waals surface area (Å²) >= 11 is 0. The molecule has 1 aromatic carbocycles. The summed E-state index contributed by atoms with van der Waals surface area (Å²) in [6, 6.07) is 9.11. The molecule has 0 heterocycles. The van der Waals surface area contributed by atoms with Crippen LogP contribution in [-0.4, -0.2) is 23.2 Å². The van der Waals surface area contributed by atoms with Crippen molar-refractivity contribution < 1.29 is 9.59 Å². The van der Waals surface area contributed by atoms with Crippen molar-refractivity contribution in [1.82, 2.24) is 5.32 Å². The third kappa shape index (κ3) is 8.65. The highest BCUT2D eigenvalue weighted by Gasteiger charge is 2.38. The quantitative estimate of drug-likeness (QED) is 0.221. The number of hydrogen-bond acceptors (Lipinski definition) is 4. The molecule has 156 valence electrons. The van der Waals surface area contributed by atoms with Crippen LogP contribution in [0.4, 0.5) is 0 Å². The molecule has 1 atom stereocenters. The van der Waals surface area contributed by atoms with Gasteiger partial charge < -0.3 is 11.5 Å². The second-order valence-corrected chi connectivity index (χ2v) is 7.50. The zero-order valence-corrected chi connectivity index (χ0v) is 17.1. The molecule has 0 aliphatic rings. The van der Waals surface area contributed by atoms with E-state index in [1.54, 1.807) is 0 Å². The molecule has 0 fully saturated rings. The molecule has 0 saturated heterocycles. The molecular formula is C22H36N4O2. The van der Waals surface area contributed by atoms with Gasteiger partial charge in [-0.05, 0) is 12.0 Å². The fourth-order valence-electron chi connectivity index (χ4n) is 3.11. The average molecular weight is 389 g/mol. The van der Waals surface area contributed by atoms with Crippen molar-refractivity contribution in [3.63, 3.8) is 0 Å². The summed E-state index contributed by atoms with van der Waals surface area (Å²) in [5.74, 6) is -1.54. The minimum absolute atomic E-state index is 0.0698. The first-order chi connectivity index (χ1) is 13.4. The predicted octanol–water partition coefficient (Wildman–Crippen LogP) is 3.43. The summed E-state index contributed by atoms with van der Waals surface area (Å²) in [4.78, 5) is 24.6. The Kier molecular flexibility index (Phi) is 11.1. The molecule has 28 heavy (non-hydrogen) atoms. The van der Waals surface area contributed by atoms with Gasteiger partial charge >= 0.3 is 0 Å². The number of carbonyl (C=O) groups is 2. The summed E-state index contributed by atoms with van der Waals surface area (Å²) in [5, 5.41) is 10.1. The van der Waals surface area contributed by atoms with E-state index in [1.165, 1.54) is 38.5 Å². The number of hydrogen-bond donors (Lipinski definition) is 4. The lowest BCUT2D eigenvalue weighted by molar-refractivity contribution is -0.132. The van der Waals surface area contributed by atoms with Gasteiger partial charge in [-0.25, -0.2) is 0 Å². The van der Waals surface area contributed by atoms with E-state index >= 15 is 0 Å². The minimum Gasteiger partial charge on any atom is -0.386 e. The number of imide groups is 1. The topological polar surface area (TPSA) is 122 Å². The van der Waals surface area contributed by atoms with Gasteiger partial charge in [0.25, 0.3) is 5.91 Å². The van der Waals surface area contributed by atoms with Gasteiger partial charge in [0.1, 0.15) is 5.84 Å². The van der Waals surface area contributed by atoms with E-state index in [9.17, 15) is 9.59 Å². The van der Waals surface area contributed by atoms with Gasteiger partial charge in [0.05, 0.1) is 0 Å². The summed E-state index contributed by atoms with van der Waals surface area (Å²) in [7, 11) is 0. The summed E-state index contributed by atoms with van der Waals surface area (Å²) in [5.41, 5.74) is 10.7. The first kappa shape index (κ1) is 23.8. The first-order valence-corrected chi connectivity index (χ1v) is 10.4. The van der Waals surface area contributed by atoms with E-state index in [4.69, 9.17) is 16.9 Å². The molecule has 0 saturated carbocycles. The monoisotopic (exact) mass is 388 g/mol. The Morgan fingerprint density at radius 3 is 2.04 bits per heavy atom. The molecular weight excluding hydrogens is 352 g/mol. The Balaban J connectivity index is 2.34. The highest BCUT2D eigenvalue weighted by Crippen LogP contribution is 2.13. The van der Waals surface area contributed by atoms with E-state index in [1.807, 2.05) is 30.3 Å². The van der Waals surface area contributed by atoms with E-state index in [0.29, 0.717) is 0 Å². The van der Waals surface area contributed by atoms with Gasteiger partial charge in [-0.15, -0.1) is 0 Å². The van der Waals surface area contributed by atoms with Crippen molar-refractivity contribution in [2.24, 2.45) is 11.5 Å². The lowest BCUT2D eigenvalue weighted by Gasteiger charge is -2.26. The Hall–Kier alpha value is -2.21. The van der Waals surface area contributed by atoms with Gasteiger partial charge in [0.15, 0.2) is 5.54 Å². The van der Waals surface area contributed by atoms with Crippen LogP contribution in [-0.2, 0) is 16.0 Å². The second-order valence-electron chi connectivity index (χ2n) is 7.50. The Morgan fingerprint density at radius 2 is 1.50 bits per heavy atom. The molecule has 1 rings (SSSR count). The number of amidine groups is 1. The van der Waals surface area contributed by atoms with Gasteiger partial charge in [-0.1, -0.05) is 88.6 Å². The highest BCUT2D eigenvalue weighted by atomic mass is 16.2. The molecule has 6 N–H and O–H groups in total. The zero-order valence-electron chi connectivity index (χ0n) is 17.1. The predicted molar refractivity (Wildman–Crippen MR) is 114 cm³/mol. The van der Waals surface area contributed by atoms with Crippen LogP contribution in [0.25, 0.3) is 0 Å². The molecule has 0 aliphatic carbocycles. The van der Waals surface area contributed by atoms with E-state index in [-0.39, 0.29) is 18.7 Å². The lowest BCUT2D eigenvalue weighted by Crippen LogP contribution is -2.64. The Labute approximate surface area is 169 Å². The molecule has 6 heteroatoms. The van der Waals surface area contributed by atoms with Crippen molar-refractivity contribution in [2.45, 2.75) is 83.1 Å². The van der Waals surface area contributed by atoms with Crippen LogP contribution in [0.1, 0.15) is 76.7 Å². The standard InChI is InChI=1S/C22H36N4O2/c1-2-3-4-5-6-7-8-9-13-16-19(27)26-21(28)22(25,20(23)24)17-18-14-11-10-12-15-18/h10-12,14-15H,2-9,13,16-17,25H2,1H3,(H3,23,24)(H,26,27,28)/t22-/m1/s1. The number of nitrogens with one attached hydrogen (secondary N) is 2. The summed E-state index contributed by atoms with van der Waals surface area (Å²) in [6.07, 6.45) is 10.8. The number of nitrogens with two attached hydrogens (primary N) is 2. The van der Waals surface area contributed by atoms with Crippen LogP contribution in [0.2, 0.25) is 0 Å². The van der Waals surface area contributed by atoms with Gasteiger partial charge in [0, 0.05) is 12.8 Å². The lowest BCUT2D eigenvalue weighted by atomic mass is 9.89. The fraction of sp³-hybridized carbons (Fsp3) is 0.591. The van der Waals surface area contributed by atoms with Gasteiger partial charge in [0.2, 0.25) is 5.91 Å². The molecule has 0 aliphatic heterocycles. The third-order valence-corrected chi connectivity index (χ3v) is 4.97. The molecule has 0 unspecified atom stereocenters. The molecule has 2 amide bonds. The van der Waals surface area contributed by atoms with Gasteiger partial charge in [-0.2, -0.15) is 0 Å². The van der Waals surface area contributed by atoms with E-state index in [2.05, 4.69) is 12.2 Å². The molecule has 0 radical (unpaired) electrons. The zero-order chi connectivity index (χ0) is 20.8. The maximum atomic E-state index is 12.5. The van der Waals surface area contributed by atoms with Crippen LogP contribution in [0.15, 0.2) is 30.3 Å². The largest absolute Gasteiger partial charge is 0.386 e. The number of benzene rings is 1. The van der Waals surface area contributed by atoms with E-state index < -0.39 is 17.3 Å². The number of amides is 2. The molecule has 1 aromatic rings. The minimum atomic E-state index is -1.73. The maximum absolute atomic E-state index is 12.5. The maximum Gasteiger partial charge on any atom is 0.254 e. The molecule has 0 spiro atoms. The SMILES string of the molecule is CCCCCCCCCCCC(=O)NC(=O)[C@@](N)(Cc1ccccc1)C(=N)N. The van der Waals surface area contributed by atoms with Crippen LogP contribution in [0.5, 0.6) is 0 Å². The van der Waals surface area contributed by atoms with Crippen LogP contribution in [0.3, 0.4) is 0 Å². The Bertz CT molecular complexity index is 618. The average Bonchev–Trinajstić information content (AvgIpc) is 2.67. The molecule has 0 aromatic heterocycles. The second kappa shape index (κ2) is 13.0. The molecule has 6 nitrogen and oxygen atoms in total. The fourth-order valence-corrected chi connectivity index (χ4v) is 3.11. The smallest absolute Gasteiger partial charge is 0.254 e. The van der Waals surface area contributed by atoms with E-state index in [0.717, 1.165) is 24.8 Å². The van der Waals surface area contributed by atoms with Crippen molar-refractivity contribution >= 4 is 17.6 Å². The van der Waals surface area contributed by atoms with Crippen molar-refractivity contribution in [1.29, 1.82) is 5.41 Å². The first-order valence-electron chi connectivity index (χ1n) is 10.4. The highest BCUT2D eigenvalue weighted by molar-refractivity contribution is 6.14. The third-order valence-electron chi connectivity index (χ3n) is 4.97. The normalized spacial score (nSPS) is 12.9. The van der Waals surface area contributed by atoms with Crippen molar-refractivity contribution in [3.05, 3.63) is 35.9 Å². The number of rotatable bonds is 14. The van der Waals surface area contributed by atoms with Crippen LogP contribution < -0.4 is 16.8 Å². The summed E-state index contributed by atoms with van der Waals surface area (Å²) < 4.78 is 0. The number of carbonyl (C=O) groups excluding carboxylic acids is 2. The molecule has 0 bridgehead atoms. The van der Waals surface area contributed by atoms with Crippen LogP contribution in [0, 0.1) is 5.41 Å². The van der Waals surface area contributed by atoms with Crippen LogP contribution >= 0.6 is 0 Å².